The third-order valence-electron chi connectivity index (χ3n) is 5.98. The monoisotopic (exact) mass is 596 g/mol. The fourth-order valence-corrected chi connectivity index (χ4v) is 4.19. The van der Waals surface area contributed by atoms with Gasteiger partial charge in [-0.2, -0.15) is 18.2 Å². The Morgan fingerprint density at radius 3 is 2.51 bits per heavy atom. The second-order valence-corrected chi connectivity index (χ2v) is 11.3. The lowest BCUT2D eigenvalue weighted by Crippen LogP contribution is -2.34. The zero-order valence-electron chi connectivity index (χ0n) is 23.0. The summed E-state index contributed by atoms with van der Waals surface area (Å²) >= 11 is 0. The van der Waals surface area contributed by atoms with E-state index < -0.39 is 39.5 Å². The molecule has 0 bridgehead atoms. The lowest BCUT2D eigenvalue weighted by atomic mass is 10.1. The standard InChI is InChI=1S/C26H31F3N6O5S/c1-15-6-7-18(21(10-15)35(3)41(5,38)39)12-30-23-19(26(27,28)29)13-31-25(34-23)33-20-9-8-17(11-22(20)40-4)24(37)32-16(2)14-36/h6-11,13,16,36H,12,14H2,1-5H3,(H,32,37)(H2,30,31,33,34). The first kappa shape index (κ1) is 31.4. The number of carbonyl (C=O) groups excluding carboxylic acids is 1. The predicted molar refractivity (Wildman–Crippen MR) is 149 cm³/mol. The number of benzene rings is 2. The number of alkyl halides is 3. The summed E-state index contributed by atoms with van der Waals surface area (Å²) in [6.07, 6.45) is -3.13. The largest absolute Gasteiger partial charge is 0.495 e. The summed E-state index contributed by atoms with van der Waals surface area (Å²) in [6, 6.07) is 8.85. The van der Waals surface area contributed by atoms with Gasteiger partial charge >= 0.3 is 6.18 Å². The Balaban J connectivity index is 1.92. The molecule has 0 aliphatic rings. The quantitative estimate of drug-likeness (QED) is 0.260. The van der Waals surface area contributed by atoms with E-state index in [-0.39, 0.29) is 36.1 Å². The number of aliphatic hydroxyl groups excluding tert-OH is 1. The Hall–Kier alpha value is -4.11. The molecule has 3 aromatic rings. The molecule has 0 saturated heterocycles. The van der Waals surface area contributed by atoms with Crippen LogP contribution in [-0.2, 0) is 22.7 Å². The van der Waals surface area contributed by atoms with Crippen molar-refractivity contribution in [2.45, 2.75) is 32.6 Å². The minimum absolute atomic E-state index is 0.172. The molecule has 1 heterocycles. The van der Waals surface area contributed by atoms with Crippen LogP contribution in [0.25, 0.3) is 0 Å². The highest BCUT2D eigenvalue weighted by Crippen LogP contribution is 2.35. The molecule has 0 aliphatic heterocycles. The van der Waals surface area contributed by atoms with Gasteiger partial charge in [0.25, 0.3) is 5.91 Å². The maximum Gasteiger partial charge on any atom is 0.421 e. The number of rotatable bonds is 11. The highest BCUT2D eigenvalue weighted by molar-refractivity contribution is 7.92. The number of sulfonamides is 1. The average molecular weight is 597 g/mol. The van der Waals surface area contributed by atoms with E-state index in [0.29, 0.717) is 17.4 Å². The second-order valence-electron chi connectivity index (χ2n) is 9.27. The van der Waals surface area contributed by atoms with Gasteiger partial charge in [0.1, 0.15) is 17.1 Å². The van der Waals surface area contributed by atoms with Crippen LogP contribution >= 0.6 is 0 Å². The molecule has 1 unspecified atom stereocenters. The molecule has 0 aliphatic carbocycles. The number of aliphatic hydroxyl groups is 1. The van der Waals surface area contributed by atoms with Crippen LogP contribution in [0.2, 0.25) is 0 Å². The first-order valence-electron chi connectivity index (χ1n) is 12.2. The normalized spacial score (nSPS) is 12.4. The number of nitrogens with one attached hydrogen (secondary N) is 3. The van der Waals surface area contributed by atoms with E-state index >= 15 is 0 Å². The lowest BCUT2D eigenvalue weighted by Gasteiger charge is -2.22. The van der Waals surface area contributed by atoms with Gasteiger partial charge in [0, 0.05) is 31.4 Å². The molecule has 1 aromatic heterocycles. The molecular weight excluding hydrogens is 565 g/mol. The third kappa shape index (κ3) is 7.98. The Labute approximate surface area is 235 Å². The van der Waals surface area contributed by atoms with E-state index in [2.05, 4.69) is 25.9 Å². The van der Waals surface area contributed by atoms with E-state index in [0.717, 1.165) is 16.1 Å². The van der Waals surface area contributed by atoms with Crippen molar-refractivity contribution in [2.24, 2.45) is 0 Å². The van der Waals surface area contributed by atoms with Gasteiger partial charge in [-0.1, -0.05) is 12.1 Å². The maximum atomic E-state index is 13.8. The number of methoxy groups -OCH3 is 1. The highest BCUT2D eigenvalue weighted by atomic mass is 32.2. The number of aromatic nitrogens is 2. The number of aryl methyl sites for hydroxylation is 1. The van der Waals surface area contributed by atoms with Gasteiger partial charge in [-0.15, -0.1) is 0 Å². The van der Waals surface area contributed by atoms with Crippen molar-refractivity contribution in [1.82, 2.24) is 15.3 Å². The molecule has 2 aromatic carbocycles. The third-order valence-corrected chi connectivity index (χ3v) is 7.17. The number of carbonyl (C=O) groups is 1. The Morgan fingerprint density at radius 2 is 1.90 bits per heavy atom. The Morgan fingerprint density at radius 1 is 1.20 bits per heavy atom. The molecule has 11 nitrogen and oxygen atoms in total. The van der Waals surface area contributed by atoms with E-state index in [1.165, 1.54) is 32.4 Å². The van der Waals surface area contributed by atoms with Gasteiger partial charge in [-0.05, 0) is 49.2 Å². The van der Waals surface area contributed by atoms with Crippen LogP contribution in [-0.4, -0.2) is 62.5 Å². The topological polar surface area (TPSA) is 146 Å². The summed E-state index contributed by atoms with van der Waals surface area (Å²) < 4.78 is 72.0. The molecule has 41 heavy (non-hydrogen) atoms. The fourth-order valence-electron chi connectivity index (χ4n) is 3.67. The number of hydrogen-bond acceptors (Lipinski definition) is 9. The van der Waals surface area contributed by atoms with E-state index in [1.807, 2.05) is 0 Å². The van der Waals surface area contributed by atoms with Crippen LogP contribution in [0, 0.1) is 6.92 Å². The van der Waals surface area contributed by atoms with Crippen molar-refractivity contribution in [3.63, 3.8) is 0 Å². The number of hydrogen-bond donors (Lipinski definition) is 4. The molecule has 0 fully saturated rings. The minimum atomic E-state index is -4.78. The Kier molecular flexibility index (Phi) is 9.65. The lowest BCUT2D eigenvalue weighted by molar-refractivity contribution is -0.137. The Bertz CT molecular complexity index is 1520. The van der Waals surface area contributed by atoms with Gasteiger partial charge in [-0.25, -0.2) is 13.4 Å². The van der Waals surface area contributed by atoms with Crippen molar-refractivity contribution in [1.29, 1.82) is 0 Å². The van der Waals surface area contributed by atoms with Crippen molar-refractivity contribution in [3.8, 4) is 5.75 Å². The van der Waals surface area contributed by atoms with Crippen molar-refractivity contribution < 1.29 is 36.2 Å². The zero-order valence-corrected chi connectivity index (χ0v) is 23.8. The molecule has 0 radical (unpaired) electrons. The van der Waals surface area contributed by atoms with Crippen LogP contribution in [0.3, 0.4) is 0 Å². The number of anilines is 4. The van der Waals surface area contributed by atoms with Crippen LogP contribution in [0.15, 0.2) is 42.6 Å². The number of halogens is 3. The van der Waals surface area contributed by atoms with E-state index in [1.54, 1.807) is 32.0 Å². The zero-order chi connectivity index (χ0) is 30.5. The van der Waals surface area contributed by atoms with Gasteiger partial charge < -0.3 is 25.8 Å². The van der Waals surface area contributed by atoms with Crippen molar-refractivity contribution in [3.05, 3.63) is 64.8 Å². The van der Waals surface area contributed by atoms with Crippen LogP contribution in [0.1, 0.15) is 34.0 Å². The number of ether oxygens (including phenoxy) is 1. The average Bonchev–Trinajstić information content (AvgIpc) is 2.90. The van der Waals surface area contributed by atoms with Crippen LogP contribution in [0.5, 0.6) is 5.75 Å². The molecule has 0 saturated carbocycles. The summed E-state index contributed by atoms with van der Waals surface area (Å²) in [7, 11) is -0.921. The van der Waals surface area contributed by atoms with Crippen molar-refractivity contribution >= 4 is 39.1 Å². The van der Waals surface area contributed by atoms with Gasteiger partial charge in [-0.3, -0.25) is 9.10 Å². The first-order valence-corrected chi connectivity index (χ1v) is 14.1. The molecule has 1 amide bonds. The summed E-state index contributed by atoms with van der Waals surface area (Å²) in [5.41, 5.74) is 0.894. The fraction of sp³-hybridized carbons (Fsp3) is 0.346. The number of nitrogens with zero attached hydrogens (tertiary/aromatic N) is 3. The molecule has 4 N–H and O–H groups in total. The maximum absolute atomic E-state index is 13.8. The first-order chi connectivity index (χ1) is 19.1. The summed E-state index contributed by atoms with van der Waals surface area (Å²) in [5, 5.41) is 17.2. The molecular formula is C26H31F3N6O5S. The molecule has 222 valence electrons. The smallest absolute Gasteiger partial charge is 0.421 e. The van der Waals surface area contributed by atoms with Crippen molar-refractivity contribution in [2.75, 3.05) is 42.0 Å². The van der Waals surface area contributed by atoms with E-state index in [4.69, 9.17) is 9.84 Å². The molecule has 3 rings (SSSR count). The predicted octanol–water partition coefficient (Wildman–Crippen LogP) is 3.67. The summed E-state index contributed by atoms with van der Waals surface area (Å²) in [4.78, 5) is 20.2. The van der Waals surface area contributed by atoms with E-state index in [9.17, 15) is 26.4 Å². The SMILES string of the molecule is COc1cc(C(=O)NC(C)CO)ccc1Nc1ncc(C(F)(F)F)c(NCc2ccc(C)cc2N(C)S(C)(=O)=O)n1. The molecule has 0 spiro atoms. The molecule has 1 atom stereocenters. The number of amides is 1. The van der Waals surface area contributed by atoms with Crippen LogP contribution < -0.4 is 25.0 Å². The molecule has 15 heteroatoms. The summed E-state index contributed by atoms with van der Waals surface area (Å²) in [5.74, 6) is -0.982. The second kappa shape index (κ2) is 12.6. The van der Waals surface area contributed by atoms with Crippen LogP contribution in [0.4, 0.5) is 36.3 Å². The van der Waals surface area contributed by atoms with Gasteiger partial charge in [0.15, 0.2) is 0 Å². The van der Waals surface area contributed by atoms with Gasteiger partial charge in [0.2, 0.25) is 16.0 Å². The van der Waals surface area contributed by atoms with Gasteiger partial charge in [0.05, 0.1) is 31.3 Å². The highest BCUT2D eigenvalue weighted by Gasteiger charge is 2.35. The minimum Gasteiger partial charge on any atom is -0.495 e. The summed E-state index contributed by atoms with van der Waals surface area (Å²) in [6.45, 7) is 2.98.